The minimum absolute atomic E-state index is 0.0607. The Labute approximate surface area is 177 Å². The number of methoxy groups -OCH3 is 3. The largest absolute Gasteiger partial charge is 0.496 e. The van der Waals surface area contributed by atoms with Gasteiger partial charge in [-0.25, -0.2) is 4.79 Å². The van der Waals surface area contributed by atoms with Crippen molar-refractivity contribution in [1.29, 1.82) is 0 Å². The molecule has 30 heavy (non-hydrogen) atoms. The summed E-state index contributed by atoms with van der Waals surface area (Å²) in [5.74, 6) is -0.00180. The van der Waals surface area contributed by atoms with E-state index in [9.17, 15) is 9.59 Å². The van der Waals surface area contributed by atoms with Crippen LogP contribution in [0.2, 0.25) is 0 Å². The Morgan fingerprint density at radius 3 is 2.10 bits per heavy atom. The lowest BCUT2D eigenvalue weighted by Gasteiger charge is -2.19. The zero-order chi connectivity index (χ0) is 22.1. The first kappa shape index (κ1) is 23.1. The van der Waals surface area contributed by atoms with E-state index in [1.807, 2.05) is 25.1 Å². The lowest BCUT2D eigenvalue weighted by molar-refractivity contribution is -0.129. The van der Waals surface area contributed by atoms with E-state index in [1.54, 1.807) is 0 Å². The quantitative estimate of drug-likeness (QED) is 0.599. The third-order valence-electron chi connectivity index (χ3n) is 4.68. The molecule has 0 radical (unpaired) electrons. The van der Waals surface area contributed by atoms with Gasteiger partial charge in [0.05, 0.1) is 21.3 Å². The molecule has 2 atom stereocenters. The first-order chi connectivity index (χ1) is 14.4. The Hall–Kier alpha value is -3.22. The number of nitrogens with one attached hydrogen (secondary N) is 1. The summed E-state index contributed by atoms with van der Waals surface area (Å²) in [6, 6.07) is 13.0. The summed E-state index contributed by atoms with van der Waals surface area (Å²) in [6.45, 7) is 3.46. The molecular formula is C23H29NO6. The summed E-state index contributed by atoms with van der Waals surface area (Å²) in [5, 5.41) is 2.88. The molecule has 0 heterocycles. The molecule has 0 aromatic heterocycles. The first-order valence-corrected chi connectivity index (χ1v) is 9.74. The molecule has 1 amide bonds. The van der Waals surface area contributed by atoms with Crippen molar-refractivity contribution in [3.8, 4) is 17.2 Å². The molecule has 7 heteroatoms. The van der Waals surface area contributed by atoms with Crippen molar-refractivity contribution in [2.75, 3.05) is 21.3 Å². The van der Waals surface area contributed by atoms with E-state index in [0.717, 1.165) is 12.8 Å². The second-order valence-electron chi connectivity index (χ2n) is 6.89. The molecule has 0 saturated carbocycles. The standard InChI is InChI=1S/C23H29NO6/c1-15(11-12-17-9-7-6-8-10-17)24-22(25)16(2)30-23(26)18-13-20(28-4)21(29-5)14-19(18)27-3/h6-10,13-16H,11-12H2,1-5H3,(H,24,25)/t15-,16+/m0/s1. The summed E-state index contributed by atoms with van der Waals surface area (Å²) in [4.78, 5) is 25.1. The zero-order valence-corrected chi connectivity index (χ0v) is 18.1. The van der Waals surface area contributed by atoms with Crippen molar-refractivity contribution in [3.63, 3.8) is 0 Å². The minimum atomic E-state index is -0.963. The predicted molar refractivity (Wildman–Crippen MR) is 113 cm³/mol. The summed E-state index contributed by atoms with van der Waals surface area (Å²) in [5.41, 5.74) is 1.35. The summed E-state index contributed by atoms with van der Waals surface area (Å²) in [7, 11) is 4.38. The highest BCUT2D eigenvalue weighted by atomic mass is 16.6. The number of aryl methyl sites for hydroxylation is 1. The third kappa shape index (κ3) is 6.14. The van der Waals surface area contributed by atoms with E-state index in [4.69, 9.17) is 18.9 Å². The molecule has 0 aliphatic carbocycles. The minimum Gasteiger partial charge on any atom is -0.496 e. The van der Waals surface area contributed by atoms with E-state index < -0.39 is 12.1 Å². The van der Waals surface area contributed by atoms with Gasteiger partial charge in [0.2, 0.25) is 0 Å². The molecule has 162 valence electrons. The highest BCUT2D eigenvalue weighted by Crippen LogP contribution is 2.35. The van der Waals surface area contributed by atoms with Gasteiger partial charge in [0, 0.05) is 18.2 Å². The number of rotatable bonds is 10. The van der Waals surface area contributed by atoms with Crippen LogP contribution in [0, 0.1) is 0 Å². The van der Waals surface area contributed by atoms with Crippen LogP contribution in [0.5, 0.6) is 17.2 Å². The average molecular weight is 415 g/mol. The van der Waals surface area contributed by atoms with Crippen molar-refractivity contribution in [1.82, 2.24) is 5.32 Å². The van der Waals surface area contributed by atoms with Gasteiger partial charge in [-0.1, -0.05) is 30.3 Å². The first-order valence-electron chi connectivity index (χ1n) is 9.74. The fourth-order valence-corrected chi connectivity index (χ4v) is 2.93. The highest BCUT2D eigenvalue weighted by molar-refractivity contribution is 5.95. The molecule has 0 spiro atoms. The molecule has 7 nitrogen and oxygen atoms in total. The number of esters is 1. The van der Waals surface area contributed by atoms with E-state index >= 15 is 0 Å². The van der Waals surface area contributed by atoms with Crippen LogP contribution in [0.3, 0.4) is 0 Å². The van der Waals surface area contributed by atoms with Gasteiger partial charge in [0.15, 0.2) is 17.6 Å². The average Bonchev–Trinajstić information content (AvgIpc) is 2.77. The van der Waals surface area contributed by atoms with Crippen molar-refractivity contribution >= 4 is 11.9 Å². The number of carbonyl (C=O) groups excluding carboxylic acids is 2. The van der Waals surface area contributed by atoms with Gasteiger partial charge in [-0.3, -0.25) is 4.79 Å². The number of amides is 1. The van der Waals surface area contributed by atoms with Crippen LogP contribution in [0.25, 0.3) is 0 Å². The lowest BCUT2D eigenvalue weighted by atomic mass is 10.1. The molecule has 2 aromatic rings. The summed E-state index contributed by atoms with van der Waals surface area (Å²) in [6.07, 6.45) is 0.661. The van der Waals surface area contributed by atoms with Crippen molar-refractivity contribution in [2.45, 2.75) is 38.8 Å². The zero-order valence-electron chi connectivity index (χ0n) is 18.1. The number of ether oxygens (including phenoxy) is 4. The van der Waals surface area contributed by atoms with E-state index in [2.05, 4.69) is 17.4 Å². The van der Waals surface area contributed by atoms with Gasteiger partial charge in [0.1, 0.15) is 11.3 Å². The molecule has 0 aliphatic rings. The highest BCUT2D eigenvalue weighted by Gasteiger charge is 2.24. The normalized spacial score (nSPS) is 12.4. The second kappa shape index (κ2) is 11.1. The SMILES string of the molecule is COc1cc(OC)c(C(=O)O[C@H](C)C(=O)N[C@@H](C)CCc2ccccc2)cc1OC. The fraction of sp³-hybridized carbons (Fsp3) is 0.391. The molecule has 2 aromatic carbocycles. The van der Waals surface area contributed by atoms with Crippen molar-refractivity contribution in [3.05, 3.63) is 53.6 Å². The summed E-state index contributed by atoms with van der Waals surface area (Å²) >= 11 is 0. The summed E-state index contributed by atoms with van der Waals surface area (Å²) < 4.78 is 21.0. The topological polar surface area (TPSA) is 83.1 Å². The second-order valence-corrected chi connectivity index (χ2v) is 6.89. The van der Waals surface area contributed by atoms with Crippen LogP contribution in [0.15, 0.2) is 42.5 Å². The van der Waals surface area contributed by atoms with Crippen LogP contribution in [0.4, 0.5) is 0 Å². The van der Waals surface area contributed by atoms with Crippen LogP contribution >= 0.6 is 0 Å². The molecular weight excluding hydrogens is 386 g/mol. The monoisotopic (exact) mass is 415 g/mol. The Balaban J connectivity index is 1.96. The van der Waals surface area contributed by atoms with Gasteiger partial charge in [-0.2, -0.15) is 0 Å². The van der Waals surface area contributed by atoms with Gasteiger partial charge >= 0.3 is 5.97 Å². The Bertz CT molecular complexity index is 852. The fourth-order valence-electron chi connectivity index (χ4n) is 2.93. The smallest absolute Gasteiger partial charge is 0.342 e. The van der Waals surface area contributed by atoms with Crippen LogP contribution < -0.4 is 19.5 Å². The third-order valence-corrected chi connectivity index (χ3v) is 4.68. The molecule has 0 fully saturated rings. The van der Waals surface area contributed by atoms with Crippen LogP contribution in [0.1, 0.15) is 36.2 Å². The van der Waals surface area contributed by atoms with Gasteiger partial charge in [-0.05, 0) is 32.3 Å². The molecule has 2 rings (SSSR count). The van der Waals surface area contributed by atoms with Crippen LogP contribution in [-0.2, 0) is 16.0 Å². The van der Waals surface area contributed by atoms with Gasteiger partial charge in [0.25, 0.3) is 5.91 Å². The van der Waals surface area contributed by atoms with E-state index in [1.165, 1.54) is 45.9 Å². The van der Waals surface area contributed by atoms with Crippen LogP contribution in [-0.4, -0.2) is 45.4 Å². The van der Waals surface area contributed by atoms with E-state index in [-0.39, 0.29) is 23.3 Å². The number of carbonyl (C=O) groups is 2. The maximum absolute atomic E-state index is 12.6. The van der Waals surface area contributed by atoms with Gasteiger partial charge < -0.3 is 24.3 Å². The van der Waals surface area contributed by atoms with Crippen molar-refractivity contribution < 1.29 is 28.5 Å². The van der Waals surface area contributed by atoms with E-state index in [0.29, 0.717) is 11.5 Å². The van der Waals surface area contributed by atoms with Crippen molar-refractivity contribution in [2.24, 2.45) is 0 Å². The van der Waals surface area contributed by atoms with Gasteiger partial charge in [-0.15, -0.1) is 0 Å². The molecule has 0 aliphatic heterocycles. The maximum Gasteiger partial charge on any atom is 0.342 e. The number of hydrogen-bond acceptors (Lipinski definition) is 6. The maximum atomic E-state index is 12.6. The lowest BCUT2D eigenvalue weighted by Crippen LogP contribution is -2.41. The Kier molecular flexibility index (Phi) is 8.53. The number of benzene rings is 2. The molecule has 0 unspecified atom stereocenters. The molecule has 0 saturated heterocycles. The predicted octanol–water partition coefficient (Wildman–Crippen LogP) is 3.40. The Morgan fingerprint density at radius 2 is 1.50 bits per heavy atom. The Morgan fingerprint density at radius 1 is 0.900 bits per heavy atom. The number of hydrogen-bond donors (Lipinski definition) is 1. The molecule has 0 bridgehead atoms. The molecule has 1 N–H and O–H groups in total.